The third-order valence-corrected chi connectivity index (χ3v) is 3.99. The van der Waals surface area contributed by atoms with Crippen LogP contribution in [0.2, 0.25) is 5.02 Å². The Balaban J connectivity index is 1.91. The van der Waals surface area contributed by atoms with Gasteiger partial charge in [-0.1, -0.05) is 48.0 Å². The molecule has 0 saturated heterocycles. The standard InChI is InChI=1S/C19H19ClN2/c1-2-11-21-12-16-14-22(19-6-4-3-5-18(16)19)13-15-7-9-17(20)10-8-15/h2-10,14,21H,1,11-13H2. The summed E-state index contributed by atoms with van der Waals surface area (Å²) in [7, 11) is 0. The average Bonchev–Trinajstić information content (AvgIpc) is 2.88. The van der Waals surface area contributed by atoms with Crippen molar-refractivity contribution in [1.29, 1.82) is 0 Å². The first-order chi connectivity index (χ1) is 10.8. The summed E-state index contributed by atoms with van der Waals surface area (Å²) in [4.78, 5) is 0. The molecule has 3 heteroatoms. The Morgan fingerprint density at radius 3 is 2.64 bits per heavy atom. The summed E-state index contributed by atoms with van der Waals surface area (Å²) in [6, 6.07) is 16.6. The van der Waals surface area contributed by atoms with Crippen LogP contribution in [0.15, 0.2) is 67.4 Å². The van der Waals surface area contributed by atoms with Crippen molar-refractivity contribution in [3.63, 3.8) is 0 Å². The van der Waals surface area contributed by atoms with Crippen LogP contribution in [0.1, 0.15) is 11.1 Å². The number of hydrogen-bond acceptors (Lipinski definition) is 1. The lowest BCUT2D eigenvalue weighted by molar-refractivity contribution is 0.754. The fourth-order valence-corrected chi connectivity index (χ4v) is 2.82. The van der Waals surface area contributed by atoms with Crippen LogP contribution in [0.5, 0.6) is 0 Å². The molecule has 3 aromatic rings. The first-order valence-electron chi connectivity index (χ1n) is 7.41. The monoisotopic (exact) mass is 310 g/mol. The molecule has 22 heavy (non-hydrogen) atoms. The molecule has 0 saturated carbocycles. The maximum atomic E-state index is 5.96. The SMILES string of the molecule is C=CCNCc1cn(Cc2ccc(Cl)cc2)c2ccccc12. The molecule has 2 nitrogen and oxygen atoms in total. The van der Waals surface area contributed by atoms with Crippen LogP contribution in [-0.2, 0) is 13.1 Å². The van der Waals surface area contributed by atoms with Gasteiger partial charge in [0, 0.05) is 41.8 Å². The van der Waals surface area contributed by atoms with Crippen LogP contribution >= 0.6 is 11.6 Å². The van der Waals surface area contributed by atoms with Gasteiger partial charge in [-0.2, -0.15) is 0 Å². The number of rotatable bonds is 6. The minimum atomic E-state index is 0.774. The van der Waals surface area contributed by atoms with Crippen LogP contribution in [0.4, 0.5) is 0 Å². The maximum absolute atomic E-state index is 5.96. The lowest BCUT2D eigenvalue weighted by Gasteiger charge is -2.05. The van der Waals surface area contributed by atoms with Crippen molar-refractivity contribution in [2.45, 2.75) is 13.1 Å². The van der Waals surface area contributed by atoms with E-state index in [9.17, 15) is 0 Å². The van der Waals surface area contributed by atoms with Crippen molar-refractivity contribution < 1.29 is 0 Å². The fraction of sp³-hybridized carbons (Fsp3) is 0.158. The molecule has 112 valence electrons. The van der Waals surface area contributed by atoms with Crippen molar-refractivity contribution in [3.05, 3.63) is 83.5 Å². The molecule has 0 bridgehead atoms. The maximum Gasteiger partial charge on any atom is 0.0486 e. The number of benzene rings is 2. The Hall–Kier alpha value is -2.03. The van der Waals surface area contributed by atoms with Crippen LogP contribution in [0.3, 0.4) is 0 Å². The van der Waals surface area contributed by atoms with Gasteiger partial charge in [0.15, 0.2) is 0 Å². The van der Waals surface area contributed by atoms with Gasteiger partial charge in [0.05, 0.1) is 0 Å². The summed E-state index contributed by atoms with van der Waals surface area (Å²) in [5.41, 5.74) is 3.81. The third kappa shape index (κ3) is 3.24. The van der Waals surface area contributed by atoms with Gasteiger partial charge in [-0.25, -0.2) is 0 Å². The molecule has 0 radical (unpaired) electrons. The Bertz CT molecular complexity index is 772. The van der Waals surface area contributed by atoms with Crippen LogP contribution in [0, 0.1) is 0 Å². The highest BCUT2D eigenvalue weighted by Crippen LogP contribution is 2.22. The van der Waals surface area contributed by atoms with E-state index in [2.05, 4.69) is 59.1 Å². The van der Waals surface area contributed by atoms with E-state index in [-0.39, 0.29) is 0 Å². The van der Waals surface area contributed by atoms with E-state index in [1.165, 1.54) is 22.0 Å². The van der Waals surface area contributed by atoms with Gasteiger partial charge in [0.1, 0.15) is 0 Å². The predicted molar refractivity (Wildman–Crippen MR) is 94.4 cm³/mol. The molecule has 0 aliphatic rings. The van der Waals surface area contributed by atoms with Gasteiger partial charge >= 0.3 is 0 Å². The van der Waals surface area contributed by atoms with E-state index in [1.54, 1.807) is 0 Å². The molecule has 0 amide bonds. The van der Waals surface area contributed by atoms with E-state index in [4.69, 9.17) is 11.6 Å². The summed E-state index contributed by atoms with van der Waals surface area (Å²) in [6.45, 7) is 6.25. The number of para-hydroxylation sites is 1. The predicted octanol–water partition coefficient (Wildman–Crippen LogP) is 4.62. The molecule has 1 heterocycles. The Kier molecular flexibility index (Phi) is 4.62. The Morgan fingerprint density at radius 2 is 1.86 bits per heavy atom. The zero-order chi connectivity index (χ0) is 15.4. The lowest BCUT2D eigenvalue weighted by atomic mass is 10.2. The van der Waals surface area contributed by atoms with Crippen molar-refractivity contribution in [2.24, 2.45) is 0 Å². The van der Waals surface area contributed by atoms with E-state index >= 15 is 0 Å². The minimum absolute atomic E-state index is 0.774. The van der Waals surface area contributed by atoms with Gasteiger partial charge in [0.2, 0.25) is 0 Å². The highest BCUT2D eigenvalue weighted by Gasteiger charge is 2.08. The molecule has 0 aliphatic carbocycles. The number of nitrogens with one attached hydrogen (secondary N) is 1. The smallest absolute Gasteiger partial charge is 0.0486 e. The van der Waals surface area contributed by atoms with Gasteiger partial charge in [-0.15, -0.1) is 6.58 Å². The average molecular weight is 311 g/mol. The topological polar surface area (TPSA) is 17.0 Å². The summed E-state index contributed by atoms with van der Waals surface area (Å²) in [6.07, 6.45) is 4.11. The molecule has 1 aromatic heterocycles. The number of nitrogens with zero attached hydrogens (tertiary/aromatic N) is 1. The molecule has 0 atom stereocenters. The first-order valence-corrected chi connectivity index (χ1v) is 7.78. The second kappa shape index (κ2) is 6.82. The van der Waals surface area contributed by atoms with E-state index in [0.717, 1.165) is 24.7 Å². The summed E-state index contributed by atoms with van der Waals surface area (Å²) < 4.78 is 2.30. The second-order valence-corrected chi connectivity index (χ2v) is 5.78. The highest BCUT2D eigenvalue weighted by molar-refractivity contribution is 6.30. The van der Waals surface area contributed by atoms with E-state index < -0.39 is 0 Å². The zero-order valence-corrected chi connectivity index (χ0v) is 13.2. The van der Waals surface area contributed by atoms with Crippen LogP contribution in [0.25, 0.3) is 10.9 Å². The zero-order valence-electron chi connectivity index (χ0n) is 12.4. The molecule has 0 aliphatic heterocycles. The summed E-state index contributed by atoms with van der Waals surface area (Å²) >= 11 is 5.96. The van der Waals surface area contributed by atoms with Crippen molar-refractivity contribution in [1.82, 2.24) is 9.88 Å². The third-order valence-electron chi connectivity index (χ3n) is 3.74. The number of hydrogen-bond donors (Lipinski definition) is 1. The molecular formula is C19H19ClN2. The number of fused-ring (bicyclic) bond motifs is 1. The molecule has 0 fully saturated rings. The largest absolute Gasteiger partial charge is 0.343 e. The van der Waals surface area contributed by atoms with Gasteiger partial charge in [-0.05, 0) is 29.3 Å². The molecule has 2 aromatic carbocycles. The Morgan fingerprint density at radius 1 is 1.09 bits per heavy atom. The van der Waals surface area contributed by atoms with Crippen molar-refractivity contribution in [2.75, 3.05) is 6.54 Å². The highest BCUT2D eigenvalue weighted by atomic mass is 35.5. The fourth-order valence-electron chi connectivity index (χ4n) is 2.69. The molecule has 0 spiro atoms. The van der Waals surface area contributed by atoms with Crippen LogP contribution in [-0.4, -0.2) is 11.1 Å². The number of halogens is 1. The van der Waals surface area contributed by atoms with E-state index in [1.807, 2.05) is 18.2 Å². The normalized spacial score (nSPS) is 11.0. The minimum Gasteiger partial charge on any atom is -0.343 e. The van der Waals surface area contributed by atoms with E-state index in [0.29, 0.717) is 0 Å². The number of aromatic nitrogens is 1. The second-order valence-electron chi connectivity index (χ2n) is 5.35. The molecule has 1 N–H and O–H groups in total. The molecule has 0 unspecified atom stereocenters. The van der Waals surface area contributed by atoms with Gasteiger partial charge in [0.25, 0.3) is 0 Å². The van der Waals surface area contributed by atoms with Crippen molar-refractivity contribution in [3.8, 4) is 0 Å². The Labute approximate surface area is 136 Å². The molecule has 3 rings (SSSR count). The molecular weight excluding hydrogens is 292 g/mol. The quantitative estimate of drug-likeness (QED) is 0.519. The summed E-state index contributed by atoms with van der Waals surface area (Å²) in [5.74, 6) is 0. The van der Waals surface area contributed by atoms with Gasteiger partial charge < -0.3 is 9.88 Å². The van der Waals surface area contributed by atoms with Gasteiger partial charge in [-0.3, -0.25) is 0 Å². The van der Waals surface area contributed by atoms with Crippen molar-refractivity contribution >= 4 is 22.5 Å². The first kappa shape index (κ1) is 14.9. The van der Waals surface area contributed by atoms with Crippen LogP contribution < -0.4 is 5.32 Å². The lowest BCUT2D eigenvalue weighted by Crippen LogP contribution is -2.12. The summed E-state index contributed by atoms with van der Waals surface area (Å²) in [5, 5.41) is 5.45.